The summed E-state index contributed by atoms with van der Waals surface area (Å²) in [5.41, 5.74) is 4.66. The van der Waals surface area contributed by atoms with Crippen molar-refractivity contribution in [3.05, 3.63) is 82.0 Å². The average molecular weight is 421 g/mol. The summed E-state index contributed by atoms with van der Waals surface area (Å²) in [6.07, 6.45) is 0. The van der Waals surface area contributed by atoms with E-state index in [4.69, 9.17) is 4.74 Å². The predicted octanol–water partition coefficient (Wildman–Crippen LogP) is 3.75. The van der Waals surface area contributed by atoms with Gasteiger partial charge in [-0.05, 0) is 49.6 Å². The lowest BCUT2D eigenvalue weighted by atomic mass is 10.1. The van der Waals surface area contributed by atoms with Gasteiger partial charge < -0.3 is 10.1 Å². The molecule has 0 saturated carbocycles. The average Bonchev–Trinajstić information content (AvgIpc) is 3.29. The number of benzene rings is 2. The van der Waals surface area contributed by atoms with Crippen LogP contribution in [0.4, 0.5) is 5.69 Å². The maximum absolute atomic E-state index is 12.2. The van der Waals surface area contributed by atoms with Crippen molar-refractivity contribution >= 4 is 40.5 Å². The van der Waals surface area contributed by atoms with Crippen LogP contribution in [0.1, 0.15) is 27.7 Å². The van der Waals surface area contributed by atoms with Gasteiger partial charge in [-0.3, -0.25) is 9.59 Å². The van der Waals surface area contributed by atoms with Crippen LogP contribution in [-0.4, -0.2) is 23.5 Å². The number of hydrogen-bond donors (Lipinski definition) is 2. The fourth-order valence-electron chi connectivity index (χ4n) is 2.47. The Morgan fingerprint density at radius 3 is 2.37 bits per heavy atom. The van der Waals surface area contributed by atoms with Gasteiger partial charge in [0.15, 0.2) is 0 Å². The number of rotatable bonds is 5. The lowest BCUT2D eigenvalue weighted by Crippen LogP contribution is -2.33. The Kier molecular flexibility index (Phi) is 6.71. The zero-order chi connectivity index (χ0) is 21.5. The van der Waals surface area contributed by atoms with Crippen LogP contribution in [0.2, 0.25) is 0 Å². The molecule has 0 aliphatic carbocycles. The van der Waals surface area contributed by atoms with Gasteiger partial charge in [-0.15, -0.1) is 11.3 Å². The van der Waals surface area contributed by atoms with Gasteiger partial charge in [0.05, 0.1) is 5.71 Å². The molecule has 0 saturated heterocycles. The van der Waals surface area contributed by atoms with Gasteiger partial charge >= 0.3 is 17.8 Å². The van der Waals surface area contributed by atoms with E-state index in [-0.39, 0.29) is 0 Å². The summed E-state index contributed by atoms with van der Waals surface area (Å²) in [5, 5.41) is 8.25. The summed E-state index contributed by atoms with van der Waals surface area (Å²) in [5.74, 6) is -1.93. The van der Waals surface area contributed by atoms with Gasteiger partial charge in [-0.2, -0.15) is 5.10 Å². The maximum Gasteiger partial charge on any atom is 0.353 e. The molecule has 8 heteroatoms. The highest BCUT2D eigenvalue weighted by Gasteiger charge is 2.16. The van der Waals surface area contributed by atoms with Crippen molar-refractivity contribution in [2.75, 3.05) is 5.32 Å². The molecule has 7 nitrogen and oxygen atoms in total. The molecule has 0 atom stereocenters. The minimum Gasteiger partial charge on any atom is -0.422 e. The molecule has 0 aliphatic rings. The van der Waals surface area contributed by atoms with Crippen molar-refractivity contribution in [2.45, 2.75) is 13.8 Å². The molecular formula is C22H19N3O4S. The number of nitrogens with one attached hydrogen (secondary N) is 2. The number of hydrazone groups is 1. The van der Waals surface area contributed by atoms with Crippen molar-refractivity contribution in [1.29, 1.82) is 0 Å². The zero-order valence-corrected chi connectivity index (χ0v) is 17.2. The fourth-order valence-corrected chi connectivity index (χ4v) is 3.07. The van der Waals surface area contributed by atoms with E-state index >= 15 is 0 Å². The Balaban J connectivity index is 1.66. The molecule has 0 bridgehead atoms. The molecule has 0 fully saturated rings. The number of amides is 2. The molecule has 3 aromatic rings. The number of aryl methyl sites for hydroxylation is 1. The Bertz CT molecular complexity index is 1090. The summed E-state index contributed by atoms with van der Waals surface area (Å²) in [6.45, 7) is 3.56. The van der Waals surface area contributed by atoms with Crippen LogP contribution < -0.4 is 15.5 Å². The quantitative estimate of drug-likeness (QED) is 0.216. The van der Waals surface area contributed by atoms with Crippen LogP contribution in [-0.2, 0) is 9.59 Å². The molecule has 0 aliphatic heterocycles. The van der Waals surface area contributed by atoms with Crippen LogP contribution in [0, 0.1) is 6.92 Å². The first-order valence-electron chi connectivity index (χ1n) is 9.01. The summed E-state index contributed by atoms with van der Waals surface area (Å²) in [7, 11) is 0. The molecule has 2 amide bonds. The highest BCUT2D eigenvalue weighted by atomic mass is 32.1. The SMILES string of the molecule is C/C(=N\NC(=O)C(=O)Nc1ccc(C)cc1)c1ccccc1OC(=O)c1cccs1. The van der Waals surface area contributed by atoms with E-state index < -0.39 is 17.8 Å². The second kappa shape index (κ2) is 9.62. The smallest absolute Gasteiger partial charge is 0.353 e. The van der Waals surface area contributed by atoms with Gasteiger partial charge in [-0.1, -0.05) is 35.9 Å². The minimum atomic E-state index is -0.914. The van der Waals surface area contributed by atoms with Gasteiger partial charge in [0.2, 0.25) is 0 Å². The third-order valence-electron chi connectivity index (χ3n) is 4.04. The molecule has 152 valence electrons. The molecule has 3 rings (SSSR count). The lowest BCUT2D eigenvalue weighted by Gasteiger charge is -2.09. The third kappa shape index (κ3) is 5.39. The van der Waals surface area contributed by atoms with E-state index in [0.717, 1.165) is 5.56 Å². The molecule has 0 unspecified atom stereocenters. The Labute approximate surface area is 177 Å². The molecule has 1 aromatic heterocycles. The molecular weight excluding hydrogens is 402 g/mol. The van der Waals surface area contributed by atoms with Crippen LogP contribution in [0.3, 0.4) is 0 Å². The van der Waals surface area contributed by atoms with Crippen molar-refractivity contribution in [1.82, 2.24) is 5.43 Å². The van der Waals surface area contributed by atoms with Crippen LogP contribution in [0.5, 0.6) is 5.75 Å². The van der Waals surface area contributed by atoms with Crippen LogP contribution in [0.15, 0.2) is 71.1 Å². The number of para-hydroxylation sites is 1. The van der Waals surface area contributed by atoms with Crippen molar-refractivity contribution < 1.29 is 19.1 Å². The van der Waals surface area contributed by atoms with E-state index in [2.05, 4.69) is 15.8 Å². The largest absolute Gasteiger partial charge is 0.422 e. The molecule has 0 spiro atoms. The van der Waals surface area contributed by atoms with Gasteiger partial charge in [0, 0.05) is 11.3 Å². The topological polar surface area (TPSA) is 96.9 Å². The maximum atomic E-state index is 12.2. The first-order chi connectivity index (χ1) is 14.4. The molecule has 30 heavy (non-hydrogen) atoms. The number of nitrogens with zero attached hydrogens (tertiary/aromatic N) is 1. The summed E-state index contributed by atoms with van der Waals surface area (Å²) in [4.78, 5) is 36.8. The van der Waals surface area contributed by atoms with E-state index in [0.29, 0.717) is 27.6 Å². The number of carbonyl (C=O) groups is 3. The lowest BCUT2D eigenvalue weighted by molar-refractivity contribution is -0.136. The molecule has 0 radical (unpaired) electrons. The Morgan fingerprint density at radius 2 is 1.67 bits per heavy atom. The first kappa shape index (κ1) is 20.9. The summed E-state index contributed by atoms with van der Waals surface area (Å²) >= 11 is 1.28. The van der Waals surface area contributed by atoms with Gasteiger partial charge in [-0.25, -0.2) is 10.2 Å². The number of carbonyl (C=O) groups excluding carboxylic acids is 3. The monoisotopic (exact) mass is 421 g/mol. The molecule has 1 heterocycles. The summed E-state index contributed by atoms with van der Waals surface area (Å²) in [6, 6.07) is 17.3. The van der Waals surface area contributed by atoms with Gasteiger partial charge in [0.1, 0.15) is 10.6 Å². The Morgan fingerprint density at radius 1 is 0.933 bits per heavy atom. The predicted molar refractivity (Wildman–Crippen MR) is 116 cm³/mol. The second-order valence-electron chi connectivity index (χ2n) is 6.32. The number of thiophene rings is 1. The number of esters is 1. The standard InChI is InChI=1S/C22H19N3O4S/c1-14-9-11-16(12-10-14)23-20(26)21(27)25-24-15(2)17-6-3-4-7-18(17)29-22(28)19-8-5-13-30-19/h3-13H,1-2H3,(H,23,26)(H,25,27)/b24-15+. The van der Waals surface area contributed by atoms with E-state index in [1.807, 2.05) is 19.1 Å². The van der Waals surface area contributed by atoms with Crippen molar-refractivity contribution in [3.63, 3.8) is 0 Å². The minimum absolute atomic E-state index is 0.301. The van der Waals surface area contributed by atoms with Crippen LogP contribution in [0.25, 0.3) is 0 Å². The highest BCUT2D eigenvalue weighted by Crippen LogP contribution is 2.21. The highest BCUT2D eigenvalue weighted by molar-refractivity contribution is 7.12. The van der Waals surface area contributed by atoms with Crippen molar-refractivity contribution in [3.8, 4) is 5.75 Å². The normalized spacial score (nSPS) is 10.9. The third-order valence-corrected chi connectivity index (χ3v) is 4.89. The second-order valence-corrected chi connectivity index (χ2v) is 7.27. The van der Waals surface area contributed by atoms with E-state index in [1.54, 1.807) is 60.8 Å². The molecule has 2 aromatic carbocycles. The van der Waals surface area contributed by atoms with Crippen molar-refractivity contribution in [2.24, 2.45) is 5.10 Å². The van der Waals surface area contributed by atoms with Gasteiger partial charge in [0.25, 0.3) is 0 Å². The molecule has 2 N–H and O–H groups in total. The van der Waals surface area contributed by atoms with E-state index in [9.17, 15) is 14.4 Å². The number of hydrogen-bond acceptors (Lipinski definition) is 6. The van der Waals surface area contributed by atoms with E-state index in [1.165, 1.54) is 11.3 Å². The van der Waals surface area contributed by atoms with Crippen LogP contribution >= 0.6 is 11.3 Å². The fraction of sp³-hybridized carbons (Fsp3) is 0.0909. The first-order valence-corrected chi connectivity index (χ1v) is 9.89. The Hall–Kier alpha value is -3.78. The summed E-state index contributed by atoms with van der Waals surface area (Å²) < 4.78 is 5.45. The number of anilines is 1. The zero-order valence-electron chi connectivity index (χ0n) is 16.3. The number of ether oxygens (including phenoxy) is 1.